The third-order valence-electron chi connectivity index (χ3n) is 4.54. The van der Waals surface area contributed by atoms with Crippen molar-refractivity contribution in [2.24, 2.45) is 0 Å². The van der Waals surface area contributed by atoms with Crippen molar-refractivity contribution < 1.29 is 14.3 Å². The number of piperidine rings is 1. The largest absolute Gasteiger partial charge is 0.493 e. The van der Waals surface area contributed by atoms with Crippen LogP contribution in [0.3, 0.4) is 0 Å². The summed E-state index contributed by atoms with van der Waals surface area (Å²) in [6.07, 6.45) is 3.87. The molecule has 0 radical (unpaired) electrons. The molecule has 1 aromatic rings. The Kier molecular flexibility index (Phi) is 3.98. The fourth-order valence-corrected chi connectivity index (χ4v) is 4.05. The van der Waals surface area contributed by atoms with Gasteiger partial charge in [-0.15, -0.1) is 11.6 Å². The highest BCUT2D eigenvalue weighted by Gasteiger charge is 2.43. The summed E-state index contributed by atoms with van der Waals surface area (Å²) >= 11 is 6.29. The molecule has 0 saturated carbocycles. The monoisotopic (exact) mass is 309 g/mol. The number of ether oxygens (including phenoxy) is 2. The molecule has 114 valence electrons. The summed E-state index contributed by atoms with van der Waals surface area (Å²) in [6, 6.07) is 5.94. The number of hydrogen-bond donors (Lipinski definition) is 0. The number of carbonyl (C=O) groups excluding carboxylic acids is 1. The van der Waals surface area contributed by atoms with Crippen LogP contribution < -0.4 is 9.47 Å². The highest BCUT2D eigenvalue weighted by molar-refractivity contribution is 6.20. The van der Waals surface area contributed by atoms with Gasteiger partial charge in [-0.25, -0.2) is 0 Å². The van der Waals surface area contributed by atoms with Crippen LogP contribution >= 0.6 is 11.6 Å². The molecule has 4 nitrogen and oxygen atoms in total. The maximum atomic E-state index is 13.0. The molecule has 2 atom stereocenters. The van der Waals surface area contributed by atoms with Crippen LogP contribution in [-0.2, 0) is 0 Å². The van der Waals surface area contributed by atoms with Crippen LogP contribution in [0.2, 0.25) is 0 Å². The summed E-state index contributed by atoms with van der Waals surface area (Å²) in [5.41, 5.74) is 0.571. The normalized spacial score (nSPS) is 27.6. The number of nitrogens with zero attached hydrogens (tertiary/aromatic N) is 1. The van der Waals surface area contributed by atoms with Crippen molar-refractivity contribution in [1.29, 1.82) is 0 Å². The predicted octanol–water partition coefficient (Wildman–Crippen LogP) is 3.08. The second-order valence-corrected chi connectivity index (χ2v) is 6.32. The van der Waals surface area contributed by atoms with Gasteiger partial charge in [0.05, 0.1) is 19.8 Å². The Morgan fingerprint density at radius 3 is 2.43 bits per heavy atom. The Morgan fingerprint density at radius 2 is 1.86 bits per heavy atom. The zero-order chi connectivity index (χ0) is 15.0. The summed E-state index contributed by atoms with van der Waals surface area (Å²) in [5.74, 6) is 1.13. The molecule has 2 unspecified atom stereocenters. The molecule has 2 aliphatic rings. The SMILES string of the molecule is COc1cccc(C(=O)N2C3CCC2CC(Cl)C3)c1OC. The van der Waals surface area contributed by atoms with Crippen LogP contribution in [0.4, 0.5) is 0 Å². The van der Waals surface area contributed by atoms with E-state index in [4.69, 9.17) is 21.1 Å². The van der Waals surface area contributed by atoms with Crippen LogP contribution in [0.5, 0.6) is 11.5 Å². The van der Waals surface area contributed by atoms with Gasteiger partial charge < -0.3 is 14.4 Å². The molecule has 0 aliphatic carbocycles. The molecule has 1 amide bonds. The molecule has 2 bridgehead atoms. The first-order chi connectivity index (χ1) is 10.2. The van der Waals surface area contributed by atoms with Crippen LogP contribution in [0.1, 0.15) is 36.0 Å². The lowest BCUT2D eigenvalue weighted by Gasteiger charge is -2.37. The fourth-order valence-electron chi connectivity index (χ4n) is 3.64. The molecule has 1 aromatic carbocycles. The van der Waals surface area contributed by atoms with Gasteiger partial charge in [-0.2, -0.15) is 0 Å². The highest BCUT2D eigenvalue weighted by Crippen LogP contribution is 2.40. The van der Waals surface area contributed by atoms with E-state index in [1.807, 2.05) is 11.0 Å². The topological polar surface area (TPSA) is 38.8 Å². The fraction of sp³-hybridized carbons (Fsp3) is 0.562. The molecule has 2 saturated heterocycles. The van der Waals surface area contributed by atoms with Crippen molar-refractivity contribution >= 4 is 17.5 Å². The second kappa shape index (κ2) is 5.76. The van der Waals surface area contributed by atoms with E-state index in [1.165, 1.54) is 0 Å². The van der Waals surface area contributed by atoms with Crippen LogP contribution in [0, 0.1) is 0 Å². The number of amides is 1. The first-order valence-electron chi connectivity index (χ1n) is 7.33. The van der Waals surface area contributed by atoms with Gasteiger partial charge in [-0.1, -0.05) is 6.07 Å². The van der Waals surface area contributed by atoms with Gasteiger partial charge in [0.1, 0.15) is 0 Å². The van der Waals surface area contributed by atoms with E-state index in [0.717, 1.165) is 25.7 Å². The minimum atomic E-state index is 0.0295. The van der Waals surface area contributed by atoms with Gasteiger partial charge in [0.25, 0.3) is 5.91 Å². The van der Waals surface area contributed by atoms with Crippen molar-refractivity contribution in [3.63, 3.8) is 0 Å². The van der Waals surface area contributed by atoms with Gasteiger partial charge in [0.15, 0.2) is 11.5 Å². The maximum absolute atomic E-state index is 13.0. The van der Waals surface area contributed by atoms with Crippen molar-refractivity contribution in [3.05, 3.63) is 23.8 Å². The molecule has 2 fully saturated rings. The summed E-state index contributed by atoms with van der Waals surface area (Å²) in [6.45, 7) is 0. The third kappa shape index (κ3) is 2.46. The van der Waals surface area contributed by atoms with E-state index in [1.54, 1.807) is 26.4 Å². The van der Waals surface area contributed by atoms with Crippen molar-refractivity contribution in [1.82, 2.24) is 4.90 Å². The summed E-state index contributed by atoms with van der Waals surface area (Å²) in [5, 5.41) is 0.193. The maximum Gasteiger partial charge on any atom is 0.258 e. The number of fused-ring (bicyclic) bond motifs is 2. The van der Waals surface area contributed by atoms with Gasteiger partial charge in [0, 0.05) is 17.5 Å². The number of halogens is 1. The van der Waals surface area contributed by atoms with Gasteiger partial charge in [-0.3, -0.25) is 4.79 Å². The predicted molar refractivity (Wildman–Crippen MR) is 81.4 cm³/mol. The van der Waals surface area contributed by atoms with Crippen LogP contribution in [-0.4, -0.2) is 42.5 Å². The highest BCUT2D eigenvalue weighted by atomic mass is 35.5. The van der Waals surface area contributed by atoms with Crippen molar-refractivity contribution in [2.75, 3.05) is 14.2 Å². The second-order valence-electron chi connectivity index (χ2n) is 5.71. The van der Waals surface area contributed by atoms with Crippen LogP contribution in [0.25, 0.3) is 0 Å². The Bertz CT molecular complexity index is 534. The Morgan fingerprint density at radius 1 is 1.19 bits per heavy atom. The Balaban J connectivity index is 1.93. The van der Waals surface area contributed by atoms with E-state index in [2.05, 4.69) is 0 Å². The average molecular weight is 310 g/mol. The molecular weight excluding hydrogens is 290 g/mol. The molecule has 5 heteroatoms. The summed E-state index contributed by atoms with van der Waals surface area (Å²) in [7, 11) is 3.14. The Labute approximate surface area is 130 Å². The molecule has 2 heterocycles. The average Bonchev–Trinajstić information content (AvgIpc) is 2.77. The van der Waals surface area contributed by atoms with Crippen molar-refractivity contribution in [2.45, 2.75) is 43.1 Å². The first kappa shape index (κ1) is 14.5. The number of rotatable bonds is 3. The van der Waals surface area contributed by atoms with E-state index in [9.17, 15) is 4.79 Å². The molecule has 21 heavy (non-hydrogen) atoms. The van der Waals surface area contributed by atoms with E-state index < -0.39 is 0 Å². The zero-order valence-electron chi connectivity index (χ0n) is 12.3. The van der Waals surface area contributed by atoms with Gasteiger partial charge >= 0.3 is 0 Å². The Hall–Kier alpha value is -1.42. The van der Waals surface area contributed by atoms with Crippen LogP contribution in [0.15, 0.2) is 18.2 Å². The number of para-hydroxylation sites is 1. The van der Waals surface area contributed by atoms with Gasteiger partial charge in [0.2, 0.25) is 0 Å². The van der Waals surface area contributed by atoms with E-state index >= 15 is 0 Å². The third-order valence-corrected chi connectivity index (χ3v) is 4.90. The molecule has 0 N–H and O–H groups in total. The standard InChI is InChI=1S/C16H20ClNO3/c1-20-14-5-3-4-13(15(14)21-2)16(19)18-11-6-7-12(18)9-10(17)8-11/h3-5,10-12H,6-9H2,1-2H3. The summed E-state index contributed by atoms with van der Waals surface area (Å²) in [4.78, 5) is 15.0. The minimum absolute atomic E-state index is 0.0295. The quantitative estimate of drug-likeness (QED) is 0.805. The van der Waals surface area contributed by atoms with E-state index in [0.29, 0.717) is 17.1 Å². The lowest BCUT2D eigenvalue weighted by molar-refractivity contribution is 0.0595. The molecule has 3 rings (SSSR count). The lowest BCUT2D eigenvalue weighted by atomic mass is 10.0. The number of alkyl halides is 1. The smallest absolute Gasteiger partial charge is 0.258 e. The molecule has 0 aromatic heterocycles. The molecule has 0 spiro atoms. The lowest BCUT2D eigenvalue weighted by Crippen LogP contribution is -2.47. The zero-order valence-corrected chi connectivity index (χ0v) is 13.1. The number of carbonyl (C=O) groups is 1. The first-order valence-corrected chi connectivity index (χ1v) is 7.77. The number of benzene rings is 1. The number of methoxy groups -OCH3 is 2. The van der Waals surface area contributed by atoms with Crippen molar-refractivity contribution in [3.8, 4) is 11.5 Å². The molecule has 2 aliphatic heterocycles. The summed E-state index contributed by atoms with van der Waals surface area (Å²) < 4.78 is 10.7. The molecular formula is C16H20ClNO3. The van der Waals surface area contributed by atoms with E-state index in [-0.39, 0.29) is 23.4 Å². The minimum Gasteiger partial charge on any atom is -0.493 e. The van der Waals surface area contributed by atoms with Gasteiger partial charge in [-0.05, 0) is 37.8 Å². The number of hydrogen-bond acceptors (Lipinski definition) is 3.